The first-order valence-electron chi connectivity index (χ1n) is 9.01. The topological polar surface area (TPSA) is 24.9 Å². The van der Waals surface area contributed by atoms with Gasteiger partial charge in [-0.2, -0.15) is 0 Å². The van der Waals surface area contributed by atoms with Crippen LogP contribution in [0.25, 0.3) is 0 Å². The highest BCUT2D eigenvalue weighted by Gasteiger charge is 2.09. The molecule has 0 aromatic carbocycles. The highest BCUT2D eigenvalue weighted by atomic mass is 14.9. The van der Waals surface area contributed by atoms with E-state index in [0.29, 0.717) is 6.04 Å². The number of pyridine rings is 1. The molecule has 0 saturated carbocycles. The molecule has 0 aliphatic carbocycles. The van der Waals surface area contributed by atoms with Gasteiger partial charge in [-0.3, -0.25) is 4.98 Å². The maximum atomic E-state index is 4.24. The molecule has 120 valence electrons. The smallest absolute Gasteiger partial charge is 0.0335 e. The highest BCUT2D eigenvalue weighted by Crippen LogP contribution is 2.19. The summed E-state index contributed by atoms with van der Waals surface area (Å²) >= 11 is 0. The lowest BCUT2D eigenvalue weighted by Gasteiger charge is -2.17. The zero-order valence-electron chi connectivity index (χ0n) is 14.1. The van der Waals surface area contributed by atoms with Crippen LogP contribution in [0.15, 0.2) is 24.5 Å². The second kappa shape index (κ2) is 12.8. The number of rotatable bonds is 13. The summed E-state index contributed by atoms with van der Waals surface area (Å²) in [6, 6.07) is 4.71. The van der Waals surface area contributed by atoms with Crippen LogP contribution < -0.4 is 5.32 Å². The Balaban J connectivity index is 2.09. The lowest BCUT2D eigenvalue weighted by atomic mass is 10.0. The number of nitrogens with zero attached hydrogens (tertiary/aromatic N) is 1. The second-order valence-corrected chi connectivity index (χ2v) is 6.01. The highest BCUT2D eigenvalue weighted by molar-refractivity contribution is 5.13. The Hall–Kier alpha value is -0.890. The van der Waals surface area contributed by atoms with Crippen LogP contribution in [0.2, 0.25) is 0 Å². The molecular weight excluding hydrogens is 256 g/mol. The molecular formula is C19H34N2. The number of nitrogens with one attached hydrogen (secondary N) is 1. The van der Waals surface area contributed by atoms with E-state index in [9.17, 15) is 0 Å². The van der Waals surface area contributed by atoms with E-state index in [-0.39, 0.29) is 0 Å². The van der Waals surface area contributed by atoms with E-state index in [2.05, 4.69) is 30.2 Å². The molecule has 1 unspecified atom stereocenters. The molecule has 1 aromatic heterocycles. The molecule has 0 fully saturated rings. The number of hydrogen-bond donors (Lipinski definition) is 1. The molecule has 0 amide bonds. The summed E-state index contributed by atoms with van der Waals surface area (Å²) in [7, 11) is 0. The lowest BCUT2D eigenvalue weighted by molar-refractivity contribution is 0.473. The van der Waals surface area contributed by atoms with Crippen molar-refractivity contribution in [3.63, 3.8) is 0 Å². The Bertz CT molecular complexity index is 324. The van der Waals surface area contributed by atoms with Gasteiger partial charge in [0.1, 0.15) is 0 Å². The van der Waals surface area contributed by atoms with E-state index >= 15 is 0 Å². The van der Waals surface area contributed by atoms with Gasteiger partial charge < -0.3 is 5.32 Å². The minimum Gasteiger partial charge on any atom is -0.310 e. The summed E-state index contributed by atoms with van der Waals surface area (Å²) in [6.45, 7) is 5.49. The number of hydrogen-bond acceptors (Lipinski definition) is 2. The van der Waals surface area contributed by atoms with Crippen molar-refractivity contribution in [1.29, 1.82) is 0 Å². The molecule has 2 nitrogen and oxygen atoms in total. The van der Waals surface area contributed by atoms with Crippen molar-refractivity contribution in [3.8, 4) is 0 Å². The minimum absolute atomic E-state index is 0.480. The molecule has 0 bridgehead atoms. The SMILES string of the molecule is CCCCCCCCCCCC(NCC)c1cccnc1. The molecule has 1 N–H and O–H groups in total. The predicted molar refractivity (Wildman–Crippen MR) is 92.5 cm³/mol. The van der Waals surface area contributed by atoms with Crippen LogP contribution in [0.5, 0.6) is 0 Å². The van der Waals surface area contributed by atoms with Gasteiger partial charge in [0.15, 0.2) is 0 Å². The quantitative estimate of drug-likeness (QED) is 0.475. The summed E-state index contributed by atoms with van der Waals surface area (Å²) in [6.07, 6.45) is 17.7. The van der Waals surface area contributed by atoms with E-state index in [1.54, 1.807) is 0 Å². The molecule has 21 heavy (non-hydrogen) atoms. The Morgan fingerprint density at radius 2 is 1.62 bits per heavy atom. The van der Waals surface area contributed by atoms with E-state index in [1.165, 1.54) is 69.8 Å². The fourth-order valence-electron chi connectivity index (χ4n) is 2.87. The second-order valence-electron chi connectivity index (χ2n) is 6.01. The summed E-state index contributed by atoms with van der Waals surface area (Å²) < 4.78 is 0. The van der Waals surface area contributed by atoms with Gasteiger partial charge in [-0.15, -0.1) is 0 Å². The van der Waals surface area contributed by atoms with Gasteiger partial charge in [0.05, 0.1) is 0 Å². The maximum absolute atomic E-state index is 4.24. The molecule has 0 spiro atoms. The van der Waals surface area contributed by atoms with E-state index in [4.69, 9.17) is 0 Å². The minimum atomic E-state index is 0.480. The first-order chi connectivity index (χ1) is 10.4. The zero-order valence-corrected chi connectivity index (χ0v) is 14.1. The fourth-order valence-corrected chi connectivity index (χ4v) is 2.87. The van der Waals surface area contributed by atoms with Crippen molar-refractivity contribution in [2.45, 2.75) is 84.1 Å². The van der Waals surface area contributed by atoms with Gasteiger partial charge in [0.25, 0.3) is 0 Å². The summed E-state index contributed by atoms with van der Waals surface area (Å²) in [5, 5.41) is 3.58. The third-order valence-corrected chi connectivity index (χ3v) is 4.13. The van der Waals surface area contributed by atoms with E-state index in [1.807, 2.05) is 18.5 Å². The molecule has 0 aliphatic rings. The van der Waals surface area contributed by atoms with Gasteiger partial charge >= 0.3 is 0 Å². The molecule has 0 radical (unpaired) electrons. The predicted octanol–water partition coefficient (Wildman–Crippen LogP) is 5.65. The molecule has 1 heterocycles. The van der Waals surface area contributed by atoms with Crippen molar-refractivity contribution in [3.05, 3.63) is 30.1 Å². The van der Waals surface area contributed by atoms with Crippen molar-refractivity contribution in [2.75, 3.05) is 6.54 Å². The van der Waals surface area contributed by atoms with Crippen molar-refractivity contribution < 1.29 is 0 Å². The third kappa shape index (κ3) is 8.87. The third-order valence-electron chi connectivity index (χ3n) is 4.13. The van der Waals surface area contributed by atoms with Crippen LogP contribution in [-0.4, -0.2) is 11.5 Å². The van der Waals surface area contributed by atoms with E-state index in [0.717, 1.165) is 6.54 Å². The van der Waals surface area contributed by atoms with Gasteiger partial charge in [-0.1, -0.05) is 77.7 Å². The molecule has 2 heteroatoms. The van der Waals surface area contributed by atoms with Gasteiger partial charge in [-0.05, 0) is 24.6 Å². The Kier molecular flexibility index (Phi) is 11.1. The van der Waals surface area contributed by atoms with Crippen LogP contribution >= 0.6 is 0 Å². The molecule has 1 aromatic rings. The first-order valence-corrected chi connectivity index (χ1v) is 9.01. The largest absolute Gasteiger partial charge is 0.310 e. The maximum Gasteiger partial charge on any atom is 0.0335 e. The summed E-state index contributed by atoms with van der Waals surface area (Å²) in [5.41, 5.74) is 1.33. The molecule has 1 atom stereocenters. The fraction of sp³-hybridized carbons (Fsp3) is 0.737. The van der Waals surface area contributed by atoms with Crippen molar-refractivity contribution >= 4 is 0 Å². The molecule has 1 rings (SSSR count). The van der Waals surface area contributed by atoms with Crippen LogP contribution in [0.1, 0.15) is 89.7 Å². The summed E-state index contributed by atoms with van der Waals surface area (Å²) in [4.78, 5) is 4.24. The van der Waals surface area contributed by atoms with Crippen molar-refractivity contribution in [1.82, 2.24) is 10.3 Å². The number of unbranched alkanes of at least 4 members (excludes halogenated alkanes) is 8. The lowest BCUT2D eigenvalue weighted by Crippen LogP contribution is -2.20. The Labute approximate surface area is 131 Å². The Morgan fingerprint density at radius 1 is 0.952 bits per heavy atom. The van der Waals surface area contributed by atoms with Gasteiger partial charge in [0.2, 0.25) is 0 Å². The molecule has 0 aliphatic heterocycles. The number of aromatic nitrogens is 1. The van der Waals surface area contributed by atoms with Gasteiger partial charge in [-0.25, -0.2) is 0 Å². The Morgan fingerprint density at radius 3 is 2.19 bits per heavy atom. The normalized spacial score (nSPS) is 12.5. The summed E-state index contributed by atoms with van der Waals surface area (Å²) in [5.74, 6) is 0. The molecule has 0 saturated heterocycles. The van der Waals surface area contributed by atoms with Crippen molar-refractivity contribution in [2.24, 2.45) is 0 Å². The van der Waals surface area contributed by atoms with Crippen LogP contribution in [0.3, 0.4) is 0 Å². The average molecular weight is 290 g/mol. The van der Waals surface area contributed by atoms with Crippen LogP contribution in [-0.2, 0) is 0 Å². The van der Waals surface area contributed by atoms with Crippen LogP contribution in [0, 0.1) is 0 Å². The van der Waals surface area contributed by atoms with Gasteiger partial charge in [0, 0.05) is 18.4 Å². The van der Waals surface area contributed by atoms with E-state index < -0.39 is 0 Å². The zero-order chi connectivity index (χ0) is 15.2. The standard InChI is InChI=1S/C19H34N2/c1-3-5-6-7-8-9-10-11-12-15-19(21-4-2)18-14-13-16-20-17-18/h13-14,16-17,19,21H,3-12,15H2,1-2H3. The monoisotopic (exact) mass is 290 g/mol. The van der Waals surface area contributed by atoms with Crippen LogP contribution in [0.4, 0.5) is 0 Å². The average Bonchev–Trinajstić information content (AvgIpc) is 2.53. The first kappa shape index (κ1) is 18.2.